The quantitative estimate of drug-likeness (QED) is 0.247. The molecule has 4 rings (SSSR count). The standard InChI is InChI=1S/C31H43N3O4/c1-31(2,3)34-21-24(38-30(34)23-14-9-8-10-15-23)22-37-28-17-13-16-26-25(28)20-27(33-26)29(36)32-18-11-6-4-5-7-12-19-35/h8-10,13-17,20,24,30,33,35H,4-7,11-12,18-19,21-22H2,1-3H3,(H,32,36)/t24-,30?/m0/s1. The number of aromatic amines is 1. The molecule has 1 fully saturated rings. The zero-order valence-corrected chi connectivity index (χ0v) is 23.0. The zero-order valence-electron chi connectivity index (χ0n) is 23.0. The fraction of sp³-hybridized carbons (Fsp3) is 0.516. The summed E-state index contributed by atoms with van der Waals surface area (Å²) >= 11 is 0. The van der Waals surface area contributed by atoms with Crippen LogP contribution in [0.2, 0.25) is 0 Å². The van der Waals surface area contributed by atoms with Crippen LogP contribution in [0.5, 0.6) is 5.75 Å². The average molecular weight is 522 g/mol. The second-order valence-corrected chi connectivity index (χ2v) is 11.2. The van der Waals surface area contributed by atoms with E-state index in [9.17, 15) is 4.79 Å². The number of ether oxygens (including phenoxy) is 2. The van der Waals surface area contributed by atoms with Crippen LogP contribution in [0.4, 0.5) is 0 Å². The summed E-state index contributed by atoms with van der Waals surface area (Å²) in [5.74, 6) is 0.646. The second-order valence-electron chi connectivity index (χ2n) is 11.2. The van der Waals surface area contributed by atoms with Gasteiger partial charge in [-0.1, -0.05) is 62.1 Å². The Morgan fingerprint density at radius 2 is 1.79 bits per heavy atom. The molecule has 0 radical (unpaired) electrons. The lowest BCUT2D eigenvalue weighted by atomic mass is 10.0. The SMILES string of the molecule is CC(C)(C)N1C[C@@H](COc2cccc3[nH]c(C(=O)NCCCCCCCCO)cc23)OC1c1ccccc1. The van der Waals surface area contributed by atoms with Gasteiger partial charge in [0.05, 0.1) is 0 Å². The lowest BCUT2D eigenvalue weighted by Gasteiger charge is -2.35. The van der Waals surface area contributed by atoms with E-state index in [1.54, 1.807) is 0 Å². The zero-order chi connectivity index (χ0) is 27.0. The van der Waals surface area contributed by atoms with E-state index < -0.39 is 0 Å². The molecule has 1 aromatic heterocycles. The van der Waals surface area contributed by atoms with Crippen molar-refractivity contribution < 1.29 is 19.4 Å². The van der Waals surface area contributed by atoms with E-state index in [0.29, 0.717) is 18.8 Å². The monoisotopic (exact) mass is 521 g/mol. The van der Waals surface area contributed by atoms with Crippen molar-refractivity contribution in [3.05, 3.63) is 65.9 Å². The first-order valence-electron chi connectivity index (χ1n) is 14.0. The van der Waals surface area contributed by atoms with Gasteiger partial charge >= 0.3 is 0 Å². The number of aromatic nitrogens is 1. The number of hydrogen-bond donors (Lipinski definition) is 3. The Morgan fingerprint density at radius 3 is 2.53 bits per heavy atom. The minimum absolute atomic E-state index is 0.0436. The molecule has 7 nitrogen and oxygen atoms in total. The third-order valence-corrected chi connectivity index (χ3v) is 7.12. The average Bonchev–Trinajstić information content (AvgIpc) is 3.55. The Hall–Kier alpha value is -2.87. The number of nitrogens with one attached hydrogen (secondary N) is 2. The van der Waals surface area contributed by atoms with Gasteiger partial charge in [-0.05, 0) is 57.4 Å². The topological polar surface area (TPSA) is 86.8 Å². The number of carbonyl (C=O) groups excluding carboxylic acids is 1. The number of carbonyl (C=O) groups is 1. The summed E-state index contributed by atoms with van der Waals surface area (Å²) in [5, 5.41) is 12.8. The van der Waals surface area contributed by atoms with Crippen LogP contribution in [-0.2, 0) is 4.74 Å². The molecule has 2 atom stereocenters. The maximum atomic E-state index is 12.7. The van der Waals surface area contributed by atoms with Crippen molar-refractivity contribution in [1.29, 1.82) is 0 Å². The van der Waals surface area contributed by atoms with Gasteiger partial charge in [0, 0.05) is 36.1 Å². The van der Waals surface area contributed by atoms with Crippen LogP contribution in [0.1, 0.15) is 81.6 Å². The highest BCUT2D eigenvalue weighted by molar-refractivity contribution is 5.99. The van der Waals surface area contributed by atoms with Gasteiger partial charge in [-0.2, -0.15) is 0 Å². The first-order chi connectivity index (χ1) is 18.4. The van der Waals surface area contributed by atoms with Crippen LogP contribution in [0.3, 0.4) is 0 Å². The number of rotatable bonds is 13. The van der Waals surface area contributed by atoms with Gasteiger partial charge < -0.3 is 24.9 Å². The number of amides is 1. The first-order valence-corrected chi connectivity index (χ1v) is 14.0. The van der Waals surface area contributed by atoms with Gasteiger partial charge in [0.1, 0.15) is 30.4 Å². The maximum Gasteiger partial charge on any atom is 0.267 e. The number of fused-ring (bicyclic) bond motifs is 1. The van der Waals surface area contributed by atoms with Crippen molar-refractivity contribution in [3.63, 3.8) is 0 Å². The van der Waals surface area contributed by atoms with E-state index in [-0.39, 0.29) is 30.4 Å². The first kappa shape index (κ1) is 28.1. The molecule has 3 N–H and O–H groups in total. The van der Waals surface area contributed by atoms with Crippen LogP contribution >= 0.6 is 0 Å². The fourth-order valence-electron chi connectivity index (χ4n) is 5.01. The van der Waals surface area contributed by atoms with Crippen molar-refractivity contribution in [2.45, 2.75) is 77.2 Å². The molecule has 2 heterocycles. The van der Waals surface area contributed by atoms with Gasteiger partial charge in [-0.15, -0.1) is 0 Å². The van der Waals surface area contributed by atoms with Gasteiger partial charge in [0.2, 0.25) is 0 Å². The van der Waals surface area contributed by atoms with Gasteiger partial charge in [-0.25, -0.2) is 0 Å². The fourth-order valence-corrected chi connectivity index (χ4v) is 5.01. The summed E-state index contributed by atoms with van der Waals surface area (Å²) in [6, 6.07) is 18.1. The molecule has 3 aromatic rings. The third-order valence-electron chi connectivity index (χ3n) is 7.12. The molecule has 38 heavy (non-hydrogen) atoms. The minimum Gasteiger partial charge on any atom is -0.490 e. The smallest absolute Gasteiger partial charge is 0.267 e. The highest BCUT2D eigenvalue weighted by Crippen LogP contribution is 2.36. The molecule has 0 aliphatic carbocycles. The van der Waals surface area contributed by atoms with E-state index in [4.69, 9.17) is 14.6 Å². The Balaban J connectivity index is 1.33. The molecule has 1 saturated heterocycles. The predicted octanol–water partition coefficient (Wildman–Crippen LogP) is 5.81. The molecule has 1 aliphatic heterocycles. The van der Waals surface area contributed by atoms with Gasteiger partial charge in [0.15, 0.2) is 0 Å². The Bertz CT molecular complexity index is 1150. The molecule has 206 valence electrons. The summed E-state index contributed by atoms with van der Waals surface area (Å²) in [7, 11) is 0. The number of unbranched alkanes of at least 4 members (excludes halogenated alkanes) is 5. The Morgan fingerprint density at radius 1 is 1.05 bits per heavy atom. The molecule has 2 aromatic carbocycles. The molecule has 0 bridgehead atoms. The van der Waals surface area contributed by atoms with E-state index in [1.807, 2.05) is 42.5 Å². The molecule has 1 unspecified atom stereocenters. The van der Waals surface area contributed by atoms with Crippen LogP contribution in [0, 0.1) is 0 Å². The van der Waals surface area contributed by atoms with Crippen molar-refractivity contribution in [2.24, 2.45) is 0 Å². The number of hydrogen-bond acceptors (Lipinski definition) is 5. The number of aliphatic hydroxyl groups excluding tert-OH is 1. The number of nitrogens with zero attached hydrogens (tertiary/aromatic N) is 1. The number of benzene rings is 2. The highest BCUT2D eigenvalue weighted by Gasteiger charge is 2.40. The van der Waals surface area contributed by atoms with Gasteiger partial charge in [0.25, 0.3) is 5.91 Å². The third kappa shape index (κ3) is 7.37. The molecule has 7 heteroatoms. The van der Waals surface area contributed by atoms with Crippen LogP contribution < -0.4 is 10.1 Å². The summed E-state index contributed by atoms with van der Waals surface area (Å²) in [6.07, 6.45) is 6.06. The highest BCUT2D eigenvalue weighted by atomic mass is 16.6. The lowest BCUT2D eigenvalue weighted by molar-refractivity contribution is -0.0397. The summed E-state index contributed by atoms with van der Waals surface area (Å²) in [5.41, 5.74) is 2.52. The van der Waals surface area contributed by atoms with E-state index in [1.165, 1.54) is 0 Å². The summed E-state index contributed by atoms with van der Waals surface area (Å²) < 4.78 is 12.7. The van der Waals surface area contributed by atoms with Gasteiger partial charge in [-0.3, -0.25) is 9.69 Å². The number of H-pyrrole nitrogens is 1. The molecule has 1 amide bonds. The van der Waals surface area contributed by atoms with E-state index >= 15 is 0 Å². The van der Waals surface area contributed by atoms with E-state index in [2.05, 4.69) is 48.1 Å². The molecular weight excluding hydrogens is 478 g/mol. The molecular formula is C31H43N3O4. The largest absolute Gasteiger partial charge is 0.490 e. The normalized spacial score (nSPS) is 18.2. The van der Waals surface area contributed by atoms with Crippen molar-refractivity contribution in [2.75, 3.05) is 26.3 Å². The minimum atomic E-state index is -0.108. The lowest BCUT2D eigenvalue weighted by Crippen LogP contribution is -2.42. The van der Waals surface area contributed by atoms with Crippen LogP contribution in [0.25, 0.3) is 10.9 Å². The van der Waals surface area contributed by atoms with Crippen LogP contribution in [0.15, 0.2) is 54.6 Å². The number of aliphatic hydroxyl groups is 1. The maximum absolute atomic E-state index is 12.7. The molecule has 1 aliphatic rings. The summed E-state index contributed by atoms with van der Waals surface area (Å²) in [4.78, 5) is 18.4. The molecule has 0 spiro atoms. The molecule has 0 saturated carbocycles. The van der Waals surface area contributed by atoms with E-state index in [0.717, 1.165) is 67.3 Å². The Kier molecular flexibility index (Phi) is 9.83. The van der Waals surface area contributed by atoms with Crippen LogP contribution in [-0.4, -0.2) is 58.8 Å². The van der Waals surface area contributed by atoms with Crippen molar-refractivity contribution in [1.82, 2.24) is 15.2 Å². The van der Waals surface area contributed by atoms with Crippen molar-refractivity contribution >= 4 is 16.8 Å². The summed E-state index contributed by atoms with van der Waals surface area (Å²) in [6.45, 7) is 8.77. The van der Waals surface area contributed by atoms with Crippen molar-refractivity contribution in [3.8, 4) is 5.75 Å². The predicted molar refractivity (Wildman–Crippen MR) is 151 cm³/mol. The second kappa shape index (κ2) is 13.3. The Labute approximate surface area is 226 Å².